The fourth-order valence-electron chi connectivity index (χ4n) is 2.98. The first-order valence-electron chi connectivity index (χ1n) is 7.93. The average Bonchev–Trinajstić information content (AvgIpc) is 2.50. The lowest BCUT2D eigenvalue weighted by Crippen LogP contribution is -2.26. The Labute approximate surface area is 125 Å². The molecule has 2 rings (SSSR count). The smallest absolute Gasteiger partial charge is 0.133 e. The summed E-state index contributed by atoms with van der Waals surface area (Å²) < 4.78 is 34.1. The van der Waals surface area contributed by atoms with E-state index < -0.39 is 11.6 Å². The van der Waals surface area contributed by atoms with Gasteiger partial charge in [0, 0.05) is 18.2 Å². The lowest BCUT2D eigenvalue weighted by Gasteiger charge is -2.26. The number of aryl methyl sites for hydroxylation is 1. The maximum absolute atomic E-state index is 14.3. The summed E-state index contributed by atoms with van der Waals surface area (Å²) in [4.78, 5) is 0. The predicted molar refractivity (Wildman–Crippen MR) is 80.3 cm³/mol. The van der Waals surface area contributed by atoms with Crippen molar-refractivity contribution in [2.45, 2.75) is 58.1 Å². The van der Waals surface area contributed by atoms with E-state index in [1.165, 1.54) is 18.6 Å². The molecular formula is C17H25F2NO. The largest absolute Gasteiger partial charge is 0.378 e. The molecule has 1 N–H and O–H groups in total. The summed E-state index contributed by atoms with van der Waals surface area (Å²) in [6.45, 7) is 5.12. The molecule has 0 bridgehead atoms. The van der Waals surface area contributed by atoms with Crippen LogP contribution in [0.1, 0.15) is 56.2 Å². The summed E-state index contributed by atoms with van der Waals surface area (Å²) in [5, 5.41) is 3.21. The summed E-state index contributed by atoms with van der Waals surface area (Å²) in [6.07, 6.45) is 5.12. The van der Waals surface area contributed by atoms with Crippen molar-refractivity contribution in [1.29, 1.82) is 0 Å². The Bertz CT molecular complexity index is 458. The first kappa shape index (κ1) is 16.4. The maximum Gasteiger partial charge on any atom is 0.133 e. The molecule has 4 heteroatoms. The van der Waals surface area contributed by atoms with Gasteiger partial charge in [0.25, 0.3) is 0 Å². The molecule has 1 aliphatic heterocycles. The monoisotopic (exact) mass is 297 g/mol. The van der Waals surface area contributed by atoms with Crippen molar-refractivity contribution in [1.82, 2.24) is 5.32 Å². The van der Waals surface area contributed by atoms with Gasteiger partial charge in [-0.2, -0.15) is 0 Å². The van der Waals surface area contributed by atoms with Crippen LogP contribution in [0.3, 0.4) is 0 Å². The topological polar surface area (TPSA) is 21.3 Å². The number of hydrogen-bond donors (Lipinski definition) is 1. The third-order valence-corrected chi connectivity index (χ3v) is 4.17. The van der Waals surface area contributed by atoms with Gasteiger partial charge in [-0.15, -0.1) is 0 Å². The highest BCUT2D eigenvalue weighted by Crippen LogP contribution is 2.28. The van der Waals surface area contributed by atoms with Gasteiger partial charge in [0.15, 0.2) is 0 Å². The molecule has 1 aromatic rings. The molecule has 0 amide bonds. The normalized spacial score (nSPS) is 20.5. The number of ether oxygens (including phenoxy) is 1. The van der Waals surface area contributed by atoms with Crippen molar-refractivity contribution in [3.05, 3.63) is 34.9 Å². The molecular weight excluding hydrogens is 272 g/mol. The Kier molecular flexibility index (Phi) is 6.12. The van der Waals surface area contributed by atoms with E-state index >= 15 is 0 Å². The first-order valence-corrected chi connectivity index (χ1v) is 7.93. The molecule has 0 aromatic heterocycles. The van der Waals surface area contributed by atoms with Crippen LogP contribution in [-0.4, -0.2) is 19.3 Å². The number of hydrogen-bond acceptors (Lipinski definition) is 2. The van der Waals surface area contributed by atoms with Crippen molar-refractivity contribution in [3.8, 4) is 0 Å². The van der Waals surface area contributed by atoms with Gasteiger partial charge >= 0.3 is 0 Å². The molecule has 0 aliphatic carbocycles. The third kappa shape index (κ3) is 4.24. The van der Waals surface area contributed by atoms with Crippen LogP contribution < -0.4 is 5.32 Å². The van der Waals surface area contributed by atoms with E-state index in [1.54, 1.807) is 6.92 Å². The van der Waals surface area contributed by atoms with Crippen LogP contribution in [0, 0.1) is 18.6 Å². The van der Waals surface area contributed by atoms with Gasteiger partial charge in [0.05, 0.1) is 6.10 Å². The Hall–Kier alpha value is -1.00. The molecule has 1 aromatic carbocycles. The molecule has 118 valence electrons. The fourth-order valence-corrected chi connectivity index (χ4v) is 2.98. The summed E-state index contributed by atoms with van der Waals surface area (Å²) >= 11 is 0. The summed E-state index contributed by atoms with van der Waals surface area (Å²) in [5.74, 6) is -0.890. The van der Waals surface area contributed by atoms with Crippen molar-refractivity contribution < 1.29 is 13.5 Å². The Morgan fingerprint density at radius 3 is 2.81 bits per heavy atom. The highest BCUT2D eigenvalue weighted by Gasteiger charge is 2.23. The fraction of sp³-hybridized carbons (Fsp3) is 0.647. The SMILES string of the molecule is CCNC(CCC1CCCCO1)c1c(F)ccc(C)c1F. The second-order valence-corrected chi connectivity index (χ2v) is 5.77. The van der Waals surface area contributed by atoms with Crippen LogP contribution in [0.2, 0.25) is 0 Å². The number of nitrogens with one attached hydrogen (secondary N) is 1. The minimum Gasteiger partial charge on any atom is -0.378 e. The van der Waals surface area contributed by atoms with E-state index in [1.807, 2.05) is 6.92 Å². The standard InChI is InChI=1S/C17H25F2NO/c1-3-20-15(10-8-13-6-4-5-11-21-13)16-14(18)9-7-12(2)17(16)19/h7,9,13,15,20H,3-6,8,10-11H2,1-2H3. The van der Waals surface area contributed by atoms with E-state index in [4.69, 9.17) is 4.74 Å². The predicted octanol–water partition coefficient (Wildman–Crippen LogP) is 4.27. The van der Waals surface area contributed by atoms with Crippen molar-refractivity contribution >= 4 is 0 Å². The van der Waals surface area contributed by atoms with Gasteiger partial charge < -0.3 is 10.1 Å². The Morgan fingerprint density at radius 2 is 2.14 bits per heavy atom. The number of rotatable bonds is 6. The Balaban J connectivity index is 2.09. The maximum atomic E-state index is 14.3. The van der Waals surface area contributed by atoms with E-state index in [-0.39, 0.29) is 17.7 Å². The minimum atomic E-state index is -0.464. The molecule has 2 atom stereocenters. The van der Waals surface area contributed by atoms with Gasteiger partial charge in [-0.3, -0.25) is 0 Å². The molecule has 0 saturated carbocycles. The average molecular weight is 297 g/mol. The Morgan fingerprint density at radius 1 is 1.33 bits per heavy atom. The van der Waals surface area contributed by atoms with Crippen molar-refractivity contribution in [2.75, 3.05) is 13.2 Å². The highest BCUT2D eigenvalue weighted by molar-refractivity contribution is 5.29. The highest BCUT2D eigenvalue weighted by atomic mass is 19.1. The van der Waals surface area contributed by atoms with Gasteiger partial charge in [-0.25, -0.2) is 8.78 Å². The zero-order valence-corrected chi connectivity index (χ0v) is 12.9. The lowest BCUT2D eigenvalue weighted by atomic mass is 9.95. The number of halogens is 2. The zero-order chi connectivity index (χ0) is 15.2. The molecule has 1 fully saturated rings. The van der Waals surface area contributed by atoms with Crippen LogP contribution in [-0.2, 0) is 4.74 Å². The van der Waals surface area contributed by atoms with E-state index in [0.717, 1.165) is 25.9 Å². The second-order valence-electron chi connectivity index (χ2n) is 5.77. The van der Waals surface area contributed by atoms with Gasteiger partial charge in [0.2, 0.25) is 0 Å². The van der Waals surface area contributed by atoms with E-state index in [9.17, 15) is 8.78 Å². The van der Waals surface area contributed by atoms with Crippen LogP contribution >= 0.6 is 0 Å². The molecule has 2 unspecified atom stereocenters. The minimum absolute atomic E-state index is 0.174. The van der Waals surface area contributed by atoms with Crippen molar-refractivity contribution in [3.63, 3.8) is 0 Å². The lowest BCUT2D eigenvalue weighted by molar-refractivity contribution is 0.00844. The van der Waals surface area contributed by atoms with Crippen LogP contribution in [0.4, 0.5) is 8.78 Å². The molecule has 1 aliphatic rings. The second kappa shape index (κ2) is 7.85. The molecule has 1 saturated heterocycles. The van der Waals surface area contributed by atoms with E-state index in [2.05, 4.69) is 5.32 Å². The first-order chi connectivity index (χ1) is 10.1. The zero-order valence-electron chi connectivity index (χ0n) is 12.9. The van der Waals surface area contributed by atoms with Crippen LogP contribution in [0.5, 0.6) is 0 Å². The van der Waals surface area contributed by atoms with Gasteiger partial charge in [0.1, 0.15) is 11.6 Å². The number of benzene rings is 1. The summed E-state index contributed by atoms with van der Waals surface area (Å²) in [7, 11) is 0. The van der Waals surface area contributed by atoms with Crippen molar-refractivity contribution in [2.24, 2.45) is 0 Å². The summed E-state index contributed by atoms with van der Waals surface area (Å²) in [6, 6.07) is 2.55. The molecule has 0 spiro atoms. The van der Waals surface area contributed by atoms with Gasteiger partial charge in [-0.1, -0.05) is 13.0 Å². The molecule has 2 nitrogen and oxygen atoms in total. The quantitative estimate of drug-likeness (QED) is 0.846. The van der Waals surface area contributed by atoms with Crippen LogP contribution in [0.25, 0.3) is 0 Å². The van der Waals surface area contributed by atoms with Gasteiger partial charge in [-0.05, 0) is 57.2 Å². The summed E-state index contributed by atoms with van der Waals surface area (Å²) in [5.41, 5.74) is 0.663. The molecule has 0 radical (unpaired) electrons. The van der Waals surface area contributed by atoms with E-state index in [0.29, 0.717) is 18.5 Å². The van der Waals surface area contributed by atoms with Crippen LogP contribution in [0.15, 0.2) is 12.1 Å². The molecule has 21 heavy (non-hydrogen) atoms. The third-order valence-electron chi connectivity index (χ3n) is 4.17. The molecule has 1 heterocycles.